The molecule has 0 saturated carbocycles. The predicted octanol–water partition coefficient (Wildman–Crippen LogP) is 2.30. The van der Waals surface area contributed by atoms with Crippen molar-refractivity contribution in [2.75, 3.05) is 30.4 Å². The highest BCUT2D eigenvalue weighted by atomic mass is 16.6. The molecule has 19 heavy (non-hydrogen) atoms. The van der Waals surface area contributed by atoms with Gasteiger partial charge in [0.05, 0.1) is 4.92 Å². The second kappa shape index (κ2) is 6.86. The topological polar surface area (TPSA) is 84.2 Å². The molecule has 1 aromatic rings. The van der Waals surface area contributed by atoms with Crippen molar-refractivity contribution in [3.05, 3.63) is 16.4 Å². The Hall–Kier alpha value is -1.92. The van der Waals surface area contributed by atoms with E-state index in [1.807, 2.05) is 6.92 Å². The molecule has 0 atom stereocenters. The van der Waals surface area contributed by atoms with Gasteiger partial charge in [-0.05, 0) is 12.3 Å². The molecule has 7 heteroatoms. The highest BCUT2D eigenvalue weighted by molar-refractivity contribution is 5.70. The van der Waals surface area contributed by atoms with E-state index >= 15 is 0 Å². The van der Waals surface area contributed by atoms with Gasteiger partial charge in [-0.2, -0.15) is 0 Å². The second-order valence-corrected chi connectivity index (χ2v) is 4.85. The summed E-state index contributed by atoms with van der Waals surface area (Å²) in [6.07, 6.45) is 2.23. The van der Waals surface area contributed by atoms with Gasteiger partial charge in [0, 0.05) is 20.1 Å². The summed E-state index contributed by atoms with van der Waals surface area (Å²) in [6, 6.07) is 0. The van der Waals surface area contributed by atoms with Crippen molar-refractivity contribution in [3.8, 4) is 0 Å². The quantitative estimate of drug-likeness (QED) is 0.602. The Morgan fingerprint density at radius 1 is 1.47 bits per heavy atom. The van der Waals surface area contributed by atoms with E-state index in [4.69, 9.17) is 0 Å². The summed E-state index contributed by atoms with van der Waals surface area (Å²) in [5.41, 5.74) is -0.0564. The fraction of sp³-hybridized carbons (Fsp3) is 0.667. The maximum absolute atomic E-state index is 11.3. The van der Waals surface area contributed by atoms with Crippen LogP contribution in [0.4, 0.5) is 17.3 Å². The maximum atomic E-state index is 11.3. The second-order valence-electron chi connectivity index (χ2n) is 4.85. The summed E-state index contributed by atoms with van der Waals surface area (Å²) in [5.74, 6) is 1.03. The maximum Gasteiger partial charge on any atom is 0.353 e. The van der Waals surface area contributed by atoms with E-state index in [-0.39, 0.29) is 11.5 Å². The van der Waals surface area contributed by atoms with Gasteiger partial charge in [0.15, 0.2) is 0 Å². The lowest BCUT2D eigenvalue weighted by Gasteiger charge is -2.20. The highest BCUT2D eigenvalue weighted by Gasteiger charge is 2.25. The molecule has 1 N–H and O–H groups in total. The summed E-state index contributed by atoms with van der Waals surface area (Å²) in [4.78, 5) is 20.6. The van der Waals surface area contributed by atoms with Gasteiger partial charge in [-0.25, -0.2) is 9.97 Å². The van der Waals surface area contributed by atoms with E-state index in [1.165, 1.54) is 6.33 Å². The van der Waals surface area contributed by atoms with Crippen molar-refractivity contribution in [1.29, 1.82) is 0 Å². The number of hydrogen-bond acceptors (Lipinski definition) is 6. The molecule has 0 amide bonds. The number of nitro groups is 1. The summed E-state index contributed by atoms with van der Waals surface area (Å²) >= 11 is 0. The smallest absolute Gasteiger partial charge is 0.353 e. The highest BCUT2D eigenvalue weighted by Crippen LogP contribution is 2.31. The fourth-order valence-corrected chi connectivity index (χ4v) is 1.82. The van der Waals surface area contributed by atoms with Gasteiger partial charge in [0.2, 0.25) is 11.6 Å². The molecule has 0 fully saturated rings. The van der Waals surface area contributed by atoms with Crippen molar-refractivity contribution in [2.24, 2.45) is 5.92 Å². The van der Waals surface area contributed by atoms with Crippen LogP contribution in [0.25, 0.3) is 0 Å². The van der Waals surface area contributed by atoms with Crippen molar-refractivity contribution in [1.82, 2.24) is 9.97 Å². The lowest BCUT2D eigenvalue weighted by molar-refractivity contribution is -0.383. The van der Waals surface area contributed by atoms with E-state index in [9.17, 15) is 10.1 Å². The molecule has 0 aliphatic heterocycles. The minimum absolute atomic E-state index is 0.0564. The molecule has 0 aromatic carbocycles. The van der Waals surface area contributed by atoms with Gasteiger partial charge >= 0.3 is 5.69 Å². The molecule has 0 spiro atoms. The monoisotopic (exact) mass is 267 g/mol. The van der Waals surface area contributed by atoms with Gasteiger partial charge in [-0.15, -0.1) is 0 Å². The molecule has 1 rings (SSSR count). The minimum Gasteiger partial charge on any atom is -0.364 e. The molecule has 0 aliphatic rings. The van der Waals surface area contributed by atoms with Crippen LogP contribution in [0.3, 0.4) is 0 Å². The summed E-state index contributed by atoms with van der Waals surface area (Å²) in [7, 11) is 1.80. The number of anilines is 2. The lowest BCUT2D eigenvalue weighted by atomic mass is 10.2. The third kappa shape index (κ3) is 4.04. The van der Waals surface area contributed by atoms with Crippen LogP contribution in [0.1, 0.15) is 27.2 Å². The van der Waals surface area contributed by atoms with Crippen LogP contribution in [0.2, 0.25) is 0 Å². The van der Waals surface area contributed by atoms with E-state index < -0.39 is 4.92 Å². The molecule has 1 aromatic heterocycles. The Balaban J connectivity index is 3.12. The number of nitrogens with zero attached hydrogens (tertiary/aromatic N) is 4. The summed E-state index contributed by atoms with van der Waals surface area (Å²) in [5, 5.41) is 14.2. The van der Waals surface area contributed by atoms with E-state index in [2.05, 4.69) is 29.1 Å². The summed E-state index contributed by atoms with van der Waals surface area (Å²) < 4.78 is 0. The Morgan fingerprint density at radius 2 is 2.16 bits per heavy atom. The SMILES string of the molecule is CCCNc1ncnc(N(C)CC(C)C)c1[N+](=O)[O-]. The molecule has 7 nitrogen and oxygen atoms in total. The van der Waals surface area contributed by atoms with Crippen molar-refractivity contribution >= 4 is 17.3 Å². The van der Waals surface area contributed by atoms with E-state index in [0.717, 1.165) is 6.42 Å². The van der Waals surface area contributed by atoms with Gasteiger partial charge in [-0.3, -0.25) is 10.1 Å². The predicted molar refractivity (Wildman–Crippen MR) is 75.6 cm³/mol. The first kappa shape index (κ1) is 15.1. The molecule has 106 valence electrons. The van der Waals surface area contributed by atoms with Crippen LogP contribution in [-0.4, -0.2) is 35.0 Å². The Bertz CT molecular complexity index is 436. The van der Waals surface area contributed by atoms with Gasteiger partial charge in [-0.1, -0.05) is 20.8 Å². The first-order valence-electron chi connectivity index (χ1n) is 6.41. The third-order valence-corrected chi connectivity index (χ3v) is 2.53. The van der Waals surface area contributed by atoms with Crippen molar-refractivity contribution in [2.45, 2.75) is 27.2 Å². The van der Waals surface area contributed by atoms with Crippen LogP contribution in [0, 0.1) is 16.0 Å². The largest absolute Gasteiger partial charge is 0.364 e. The van der Waals surface area contributed by atoms with Gasteiger partial charge in [0.1, 0.15) is 6.33 Å². The van der Waals surface area contributed by atoms with Crippen molar-refractivity contribution in [3.63, 3.8) is 0 Å². The average molecular weight is 267 g/mol. The van der Waals surface area contributed by atoms with Crippen LogP contribution >= 0.6 is 0 Å². The summed E-state index contributed by atoms with van der Waals surface area (Å²) in [6.45, 7) is 7.45. The van der Waals surface area contributed by atoms with E-state index in [0.29, 0.717) is 24.8 Å². The van der Waals surface area contributed by atoms with Crippen LogP contribution < -0.4 is 10.2 Å². The zero-order valence-electron chi connectivity index (χ0n) is 11.9. The Labute approximate surface area is 113 Å². The first-order valence-corrected chi connectivity index (χ1v) is 6.41. The Morgan fingerprint density at radius 3 is 2.68 bits per heavy atom. The van der Waals surface area contributed by atoms with Gasteiger partial charge < -0.3 is 10.2 Å². The number of aromatic nitrogens is 2. The molecular formula is C12H21N5O2. The molecule has 0 aliphatic carbocycles. The molecule has 0 bridgehead atoms. The van der Waals surface area contributed by atoms with Gasteiger partial charge in [0.25, 0.3) is 0 Å². The van der Waals surface area contributed by atoms with Crippen LogP contribution in [0.5, 0.6) is 0 Å². The minimum atomic E-state index is -0.426. The molecule has 1 heterocycles. The first-order chi connectivity index (χ1) is 8.97. The fourth-order valence-electron chi connectivity index (χ4n) is 1.82. The van der Waals surface area contributed by atoms with Crippen LogP contribution in [-0.2, 0) is 0 Å². The average Bonchev–Trinajstić information content (AvgIpc) is 2.34. The zero-order chi connectivity index (χ0) is 14.4. The molecule has 0 unspecified atom stereocenters. The standard InChI is InChI=1S/C12H21N5O2/c1-5-6-13-11-10(17(18)19)12(15-8-14-11)16(4)7-9(2)3/h8-9H,5-7H2,1-4H3,(H,13,14,15). The van der Waals surface area contributed by atoms with Crippen LogP contribution in [0.15, 0.2) is 6.33 Å². The number of nitrogens with one attached hydrogen (secondary N) is 1. The molecule has 0 radical (unpaired) electrons. The molecular weight excluding hydrogens is 246 g/mol. The zero-order valence-corrected chi connectivity index (χ0v) is 11.9. The normalized spacial score (nSPS) is 10.6. The molecule has 0 saturated heterocycles. The number of hydrogen-bond donors (Lipinski definition) is 1. The third-order valence-electron chi connectivity index (χ3n) is 2.53. The number of rotatable bonds is 7. The van der Waals surface area contributed by atoms with E-state index in [1.54, 1.807) is 11.9 Å². The Kier molecular flexibility index (Phi) is 5.47. The van der Waals surface area contributed by atoms with Crippen molar-refractivity contribution < 1.29 is 4.92 Å². The lowest BCUT2D eigenvalue weighted by Crippen LogP contribution is -2.25.